The maximum atomic E-state index is 9.20. The molecule has 1 aromatic carbocycles. The number of nitriles is 1. The predicted molar refractivity (Wildman–Crippen MR) is 78.4 cm³/mol. The van der Waals surface area contributed by atoms with E-state index in [2.05, 4.69) is 16.4 Å². The molecule has 0 unspecified atom stereocenters. The number of hydrogen-bond acceptors (Lipinski definition) is 3. The summed E-state index contributed by atoms with van der Waals surface area (Å²) in [6.07, 6.45) is 3.96. The van der Waals surface area contributed by atoms with Crippen molar-refractivity contribution in [2.24, 2.45) is 0 Å². The van der Waals surface area contributed by atoms with E-state index in [0.717, 1.165) is 22.6 Å². The van der Waals surface area contributed by atoms with Crippen LogP contribution in [0.4, 0.5) is 5.69 Å². The number of hydrogen-bond donors (Lipinski definition) is 1. The van der Waals surface area contributed by atoms with Crippen molar-refractivity contribution in [2.75, 3.05) is 5.32 Å². The lowest BCUT2D eigenvalue weighted by molar-refractivity contribution is 1.08. The molecule has 0 spiro atoms. The highest BCUT2D eigenvalue weighted by molar-refractivity contribution is 5.60. The Morgan fingerprint density at radius 3 is 2.95 bits per heavy atom. The molecule has 20 heavy (non-hydrogen) atoms. The van der Waals surface area contributed by atoms with Crippen LogP contribution in [0.15, 0.2) is 48.8 Å². The van der Waals surface area contributed by atoms with Gasteiger partial charge in [0, 0.05) is 12.4 Å². The molecule has 0 atom stereocenters. The molecule has 3 rings (SSSR count). The van der Waals surface area contributed by atoms with Gasteiger partial charge in [-0.2, -0.15) is 5.26 Å². The zero-order valence-electron chi connectivity index (χ0n) is 11.2. The van der Waals surface area contributed by atoms with Gasteiger partial charge in [0.15, 0.2) is 0 Å². The van der Waals surface area contributed by atoms with Crippen LogP contribution in [0.25, 0.3) is 5.65 Å². The van der Waals surface area contributed by atoms with Gasteiger partial charge in [-0.05, 0) is 30.7 Å². The van der Waals surface area contributed by atoms with Crippen molar-refractivity contribution in [3.8, 4) is 6.07 Å². The Morgan fingerprint density at radius 2 is 2.15 bits per heavy atom. The highest BCUT2D eigenvalue weighted by Gasteiger charge is 2.05. The van der Waals surface area contributed by atoms with Gasteiger partial charge in [-0.1, -0.05) is 18.2 Å². The summed E-state index contributed by atoms with van der Waals surface area (Å²) in [6, 6.07) is 14.0. The van der Waals surface area contributed by atoms with Gasteiger partial charge < -0.3 is 9.72 Å². The maximum absolute atomic E-state index is 9.20. The number of imidazole rings is 1. The normalized spacial score (nSPS) is 10.4. The molecule has 0 saturated carbocycles. The number of aromatic nitrogens is 2. The first kappa shape index (κ1) is 12.2. The van der Waals surface area contributed by atoms with E-state index < -0.39 is 0 Å². The monoisotopic (exact) mass is 262 g/mol. The number of nitrogens with zero attached hydrogens (tertiary/aromatic N) is 3. The molecule has 0 aliphatic carbocycles. The molecule has 0 bridgehead atoms. The summed E-state index contributed by atoms with van der Waals surface area (Å²) < 4.78 is 1.98. The number of fused-ring (bicyclic) bond motifs is 1. The van der Waals surface area contributed by atoms with Crippen molar-refractivity contribution in [3.05, 3.63) is 65.6 Å². The lowest BCUT2D eigenvalue weighted by Crippen LogP contribution is -2.02. The Kier molecular flexibility index (Phi) is 3.10. The van der Waals surface area contributed by atoms with Gasteiger partial charge in [-0.15, -0.1) is 0 Å². The Labute approximate surface area is 117 Å². The minimum absolute atomic E-state index is 0.597. The minimum atomic E-state index is 0.597. The molecule has 2 aromatic heterocycles. The summed E-state index contributed by atoms with van der Waals surface area (Å²) in [4.78, 5) is 4.52. The predicted octanol–water partition coefficient (Wildman–Crippen LogP) is 3.13. The Hall–Kier alpha value is -2.80. The van der Waals surface area contributed by atoms with Crippen molar-refractivity contribution in [2.45, 2.75) is 13.5 Å². The molecule has 0 amide bonds. The van der Waals surface area contributed by atoms with Crippen molar-refractivity contribution in [1.82, 2.24) is 9.38 Å². The second-order valence-electron chi connectivity index (χ2n) is 4.66. The van der Waals surface area contributed by atoms with Crippen LogP contribution in [-0.4, -0.2) is 9.38 Å². The average molecular weight is 262 g/mol. The van der Waals surface area contributed by atoms with Gasteiger partial charge in [0.25, 0.3) is 0 Å². The fourth-order valence-electron chi connectivity index (χ4n) is 2.22. The number of nitrogens with one attached hydrogen (secondary N) is 1. The molecule has 98 valence electrons. The van der Waals surface area contributed by atoms with Gasteiger partial charge >= 0.3 is 0 Å². The van der Waals surface area contributed by atoms with Crippen molar-refractivity contribution < 1.29 is 0 Å². The summed E-state index contributed by atoms with van der Waals surface area (Å²) >= 11 is 0. The van der Waals surface area contributed by atoms with E-state index in [1.807, 2.05) is 60.1 Å². The second kappa shape index (κ2) is 5.06. The Balaban J connectivity index is 1.83. The number of rotatable bonds is 3. The van der Waals surface area contributed by atoms with Gasteiger partial charge in [-0.25, -0.2) is 4.98 Å². The van der Waals surface area contributed by atoms with E-state index in [1.165, 1.54) is 0 Å². The first-order chi connectivity index (χ1) is 9.78. The van der Waals surface area contributed by atoms with Crippen LogP contribution >= 0.6 is 0 Å². The molecular weight excluding hydrogens is 248 g/mol. The molecule has 0 radical (unpaired) electrons. The number of pyridine rings is 1. The van der Waals surface area contributed by atoms with Crippen LogP contribution in [0.5, 0.6) is 0 Å². The van der Waals surface area contributed by atoms with E-state index in [-0.39, 0.29) is 0 Å². The molecule has 4 heteroatoms. The SMILES string of the molecule is Cc1cccc(NCc2cn3ccccc3n2)c1C#N. The van der Waals surface area contributed by atoms with Gasteiger partial charge in [-0.3, -0.25) is 0 Å². The first-order valence-electron chi connectivity index (χ1n) is 6.44. The van der Waals surface area contributed by atoms with Crippen molar-refractivity contribution >= 4 is 11.3 Å². The van der Waals surface area contributed by atoms with Crippen molar-refractivity contribution in [1.29, 1.82) is 5.26 Å². The van der Waals surface area contributed by atoms with Gasteiger partial charge in [0.2, 0.25) is 0 Å². The zero-order chi connectivity index (χ0) is 13.9. The van der Waals surface area contributed by atoms with Crippen LogP contribution < -0.4 is 5.32 Å². The molecule has 1 N–H and O–H groups in total. The number of anilines is 1. The van der Waals surface area contributed by atoms with Crippen LogP contribution in [0.2, 0.25) is 0 Å². The molecule has 0 aliphatic rings. The smallest absolute Gasteiger partial charge is 0.137 e. The molecule has 0 saturated heterocycles. The van der Waals surface area contributed by atoms with Crippen LogP contribution in [0, 0.1) is 18.3 Å². The first-order valence-corrected chi connectivity index (χ1v) is 6.44. The molecule has 0 fully saturated rings. The third kappa shape index (κ3) is 2.21. The Morgan fingerprint density at radius 1 is 1.25 bits per heavy atom. The molecular formula is C16H14N4. The van der Waals surface area contributed by atoms with E-state index in [4.69, 9.17) is 0 Å². The highest BCUT2D eigenvalue weighted by Crippen LogP contribution is 2.19. The van der Waals surface area contributed by atoms with E-state index in [0.29, 0.717) is 12.1 Å². The molecule has 4 nitrogen and oxygen atoms in total. The molecule has 2 heterocycles. The standard InChI is InChI=1S/C16H14N4/c1-12-5-4-6-15(14(12)9-17)18-10-13-11-20-8-3-2-7-16(20)19-13/h2-8,11,18H,10H2,1H3. The van der Waals surface area contributed by atoms with Crippen LogP contribution in [-0.2, 0) is 6.54 Å². The summed E-state index contributed by atoms with van der Waals surface area (Å²) in [6.45, 7) is 2.54. The summed E-state index contributed by atoms with van der Waals surface area (Å²) in [5.74, 6) is 0. The topological polar surface area (TPSA) is 53.1 Å². The highest BCUT2D eigenvalue weighted by atomic mass is 15.0. The molecule has 0 aliphatic heterocycles. The number of benzene rings is 1. The zero-order valence-corrected chi connectivity index (χ0v) is 11.2. The quantitative estimate of drug-likeness (QED) is 0.789. The third-order valence-electron chi connectivity index (χ3n) is 3.26. The summed E-state index contributed by atoms with van der Waals surface area (Å²) in [5.41, 5.74) is 4.39. The summed E-state index contributed by atoms with van der Waals surface area (Å²) in [7, 11) is 0. The van der Waals surface area contributed by atoms with Crippen molar-refractivity contribution in [3.63, 3.8) is 0 Å². The Bertz CT molecular complexity index is 763. The molecule has 3 aromatic rings. The summed E-state index contributed by atoms with van der Waals surface area (Å²) in [5, 5.41) is 12.5. The number of aryl methyl sites for hydroxylation is 1. The lowest BCUT2D eigenvalue weighted by atomic mass is 10.1. The van der Waals surface area contributed by atoms with Crippen LogP contribution in [0.3, 0.4) is 0 Å². The lowest BCUT2D eigenvalue weighted by Gasteiger charge is -2.08. The fraction of sp³-hybridized carbons (Fsp3) is 0.125. The maximum Gasteiger partial charge on any atom is 0.137 e. The second-order valence-corrected chi connectivity index (χ2v) is 4.66. The minimum Gasteiger partial charge on any atom is -0.378 e. The largest absolute Gasteiger partial charge is 0.378 e. The van der Waals surface area contributed by atoms with E-state index >= 15 is 0 Å². The van der Waals surface area contributed by atoms with Crippen LogP contribution in [0.1, 0.15) is 16.8 Å². The van der Waals surface area contributed by atoms with E-state index in [1.54, 1.807) is 0 Å². The third-order valence-corrected chi connectivity index (χ3v) is 3.26. The fourth-order valence-corrected chi connectivity index (χ4v) is 2.22. The van der Waals surface area contributed by atoms with Gasteiger partial charge in [0.1, 0.15) is 11.7 Å². The van der Waals surface area contributed by atoms with Gasteiger partial charge in [0.05, 0.1) is 23.5 Å². The van der Waals surface area contributed by atoms with E-state index in [9.17, 15) is 5.26 Å². The average Bonchev–Trinajstić information content (AvgIpc) is 2.88.